The Bertz CT molecular complexity index is 162. The Morgan fingerprint density at radius 2 is 2.40 bits per heavy atom. The van der Waals surface area contributed by atoms with Crippen molar-refractivity contribution in [3.8, 4) is 0 Å². The zero-order valence-electron chi connectivity index (χ0n) is 5.96. The molecule has 0 aromatic carbocycles. The van der Waals surface area contributed by atoms with Crippen molar-refractivity contribution in [2.75, 3.05) is 0 Å². The zero-order valence-corrected chi connectivity index (χ0v) is 7.96. The molecule has 0 aliphatic rings. The molecule has 4 heteroatoms. The summed E-state index contributed by atoms with van der Waals surface area (Å²) < 4.78 is 6.15. The first-order valence-corrected chi connectivity index (χ1v) is 4.43. The van der Waals surface area contributed by atoms with Gasteiger partial charge in [0.25, 0.3) is 0 Å². The third-order valence-electron chi connectivity index (χ3n) is 0.929. The molecule has 0 saturated carbocycles. The van der Waals surface area contributed by atoms with Crippen LogP contribution in [0.25, 0.3) is 0 Å². The van der Waals surface area contributed by atoms with Crippen LogP contribution in [0.1, 0.15) is 5.76 Å². The van der Waals surface area contributed by atoms with Crippen LogP contribution in [0, 0.1) is 5.21 Å². The van der Waals surface area contributed by atoms with Crippen LogP contribution in [0.4, 0.5) is 0 Å². The predicted octanol–water partition coefficient (Wildman–Crippen LogP) is -0.786. The molecule has 0 aliphatic heterocycles. The van der Waals surface area contributed by atoms with Gasteiger partial charge in [-0.1, -0.05) is 0 Å². The van der Waals surface area contributed by atoms with Gasteiger partial charge in [-0.2, -0.15) is 0 Å². The molecule has 1 rings (SSSR count). The average Bonchev–Trinajstić information content (AvgIpc) is 2.39. The molecule has 0 bridgehead atoms. The van der Waals surface area contributed by atoms with Crippen LogP contribution >= 0.6 is 0 Å². The summed E-state index contributed by atoms with van der Waals surface area (Å²) in [6.45, 7) is 2.68. The van der Waals surface area contributed by atoms with Gasteiger partial charge < -0.3 is 5.21 Å². The van der Waals surface area contributed by atoms with Crippen molar-refractivity contribution in [3.63, 3.8) is 0 Å². The third-order valence-corrected chi connectivity index (χ3v) is 1.63. The summed E-state index contributed by atoms with van der Waals surface area (Å²) >= 11 is 1.20. The Labute approximate surface area is 77.1 Å². The topological polar surface area (TPSA) is 50.2 Å². The van der Waals surface area contributed by atoms with Gasteiger partial charge in [0.05, 0.1) is 0 Å². The first-order valence-electron chi connectivity index (χ1n) is 3.01. The third kappa shape index (κ3) is 4.61. The normalized spacial score (nSPS) is 7.80. The molecule has 3 nitrogen and oxygen atoms in total. The van der Waals surface area contributed by atoms with Crippen LogP contribution in [0.15, 0.2) is 22.8 Å². The van der Waals surface area contributed by atoms with Crippen molar-refractivity contribution < 1.29 is 9.57 Å². The van der Waals surface area contributed by atoms with Crippen molar-refractivity contribution in [2.45, 2.75) is 3.67 Å². The number of nitrogens with one attached hydrogen (secondary N) is 1. The van der Waals surface area contributed by atoms with Crippen LogP contribution in [0.5, 0.6) is 0 Å². The fourth-order valence-corrected chi connectivity index (χ4v) is 0.916. The average molecular weight is 149 g/mol. The first kappa shape index (κ1) is 9.75. The van der Waals surface area contributed by atoms with Gasteiger partial charge in [-0.15, -0.1) is 0 Å². The van der Waals surface area contributed by atoms with Crippen molar-refractivity contribution in [1.82, 2.24) is 0 Å². The van der Waals surface area contributed by atoms with Crippen LogP contribution < -0.4 is 5.16 Å². The molecule has 1 heterocycles. The molecule has 1 aromatic heterocycles. The fourth-order valence-electron chi connectivity index (χ4n) is 0.514. The van der Waals surface area contributed by atoms with E-state index in [2.05, 4.69) is 6.72 Å². The van der Waals surface area contributed by atoms with Gasteiger partial charge in [-0.05, 0) is 0 Å². The Kier molecular flexibility index (Phi) is 6.69. The Balaban J connectivity index is 0.000000236. The monoisotopic (exact) mass is 149 g/mol. The van der Waals surface area contributed by atoms with Crippen LogP contribution in [-0.2, 0) is 3.67 Å². The maximum absolute atomic E-state index is 8.57. The number of rotatable bonds is 1. The SMILES string of the molecule is C=[NH+][O-].[Na][CH2]c1ccco1. The van der Waals surface area contributed by atoms with E-state index in [1.165, 1.54) is 33.1 Å². The molecule has 0 atom stereocenters. The van der Waals surface area contributed by atoms with Gasteiger partial charge in [0.1, 0.15) is 6.72 Å². The molecule has 0 aliphatic carbocycles. The molecule has 0 saturated heterocycles. The second kappa shape index (κ2) is 6.86. The molecule has 0 spiro atoms. The Hall–Kier alpha value is -0.250. The predicted molar refractivity (Wildman–Crippen MR) is 39.6 cm³/mol. The van der Waals surface area contributed by atoms with E-state index in [4.69, 9.17) is 9.62 Å². The molecule has 1 aromatic rings. The summed E-state index contributed by atoms with van der Waals surface area (Å²) in [5.41, 5.74) is 0. The van der Waals surface area contributed by atoms with E-state index in [9.17, 15) is 0 Å². The van der Waals surface area contributed by atoms with Crippen molar-refractivity contribution in [1.29, 1.82) is 0 Å². The summed E-state index contributed by atoms with van der Waals surface area (Å²) in [5, 5.41) is 9.82. The van der Waals surface area contributed by atoms with Crippen molar-refractivity contribution in [3.05, 3.63) is 29.4 Å². The second-order valence-electron chi connectivity index (χ2n) is 1.58. The number of hydrogen-bond donors (Lipinski definition) is 1. The minimum atomic E-state index is 1.12. The van der Waals surface area contributed by atoms with Crippen LogP contribution in [0.2, 0.25) is 0 Å². The van der Waals surface area contributed by atoms with E-state index in [1.54, 1.807) is 6.26 Å². The minimum absolute atomic E-state index is 1.12. The second-order valence-corrected chi connectivity index (χ2v) is 2.28. The molecule has 0 radical (unpaired) electrons. The molecule has 10 heavy (non-hydrogen) atoms. The Morgan fingerprint density at radius 3 is 2.60 bits per heavy atom. The number of furan rings is 1. The van der Waals surface area contributed by atoms with Gasteiger partial charge in [-0.25, -0.2) is 5.16 Å². The fraction of sp³-hybridized carbons (Fsp3) is 0.167. The van der Waals surface area contributed by atoms with Crippen LogP contribution in [-0.4, -0.2) is 34.6 Å². The van der Waals surface area contributed by atoms with Gasteiger partial charge in [0.15, 0.2) is 0 Å². The molecule has 0 amide bonds. The number of hydrogen-bond acceptors (Lipinski definition) is 2. The van der Waals surface area contributed by atoms with Gasteiger partial charge in [0, 0.05) is 0 Å². The molecular weight excluding hydrogens is 141 g/mol. The summed E-state index contributed by atoms with van der Waals surface area (Å²) in [6.07, 6.45) is 1.72. The van der Waals surface area contributed by atoms with Crippen LogP contribution in [0.3, 0.4) is 0 Å². The van der Waals surface area contributed by atoms with E-state index in [-0.39, 0.29) is 0 Å². The van der Waals surface area contributed by atoms with Crippen molar-refractivity contribution in [2.24, 2.45) is 0 Å². The molecule has 1 N–H and O–H groups in total. The van der Waals surface area contributed by atoms with Gasteiger partial charge in [-0.3, -0.25) is 0 Å². The van der Waals surface area contributed by atoms with E-state index in [1.807, 2.05) is 12.1 Å². The Morgan fingerprint density at radius 1 is 1.80 bits per heavy atom. The van der Waals surface area contributed by atoms with E-state index < -0.39 is 0 Å². The standard InChI is InChI=1S/C5H5O.CH3NO.Na/c1-5-3-2-4-6-5;1-2-3;/h2-4H,1H2;2H,1H2;. The molecular formula is C6H8NNaO2. The molecule has 0 fully saturated rings. The summed E-state index contributed by atoms with van der Waals surface area (Å²) in [5.74, 6) is 1.12. The van der Waals surface area contributed by atoms with E-state index in [0.29, 0.717) is 0 Å². The van der Waals surface area contributed by atoms with Crippen molar-refractivity contribution >= 4 is 34.6 Å². The van der Waals surface area contributed by atoms with Gasteiger partial charge >= 0.3 is 60.2 Å². The maximum atomic E-state index is 8.57. The van der Waals surface area contributed by atoms with E-state index >= 15 is 0 Å². The summed E-state index contributed by atoms with van der Waals surface area (Å²) in [4.78, 5) is 0. The van der Waals surface area contributed by atoms with Gasteiger partial charge in [0.2, 0.25) is 0 Å². The zero-order chi connectivity index (χ0) is 7.82. The quantitative estimate of drug-likeness (QED) is 0.246. The van der Waals surface area contributed by atoms with E-state index in [0.717, 1.165) is 9.43 Å². The first-order chi connectivity index (χ1) is 4.85. The summed E-state index contributed by atoms with van der Waals surface area (Å²) in [7, 11) is 0. The molecule has 0 unspecified atom stereocenters. The molecule has 50 valence electrons. The summed E-state index contributed by atoms with van der Waals surface area (Å²) in [6, 6.07) is 3.93.